The zero-order valence-corrected chi connectivity index (χ0v) is 28.6. The van der Waals surface area contributed by atoms with Gasteiger partial charge in [0.1, 0.15) is 35.1 Å². The van der Waals surface area contributed by atoms with Crippen molar-refractivity contribution >= 4 is 34.6 Å². The largest absolute Gasteiger partial charge is 0.507 e. The Morgan fingerprint density at radius 1 is 1.00 bits per heavy atom. The van der Waals surface area contributed by atoms with E-state index in [-0.39, 0.29) is 30.2 Å². The fourth-order valence-corrected chi connectivity index (χ4v) is 4.72. The number of carboxylic acid groups (broad SMARTS) is 1. The van der Waals surface area contributed by atoms with Crippen LogP contribution in [0.3, 0.4) is 0 Å². The lowest BCUT2D eigenvalue weighted by Gasteiger charge is -2.14. The molecule has 0 spiro atoms. The molecule has 0 aliphatic rings. The van der Waals surface area contributed by atoms with Gasteiger partial charge in [-0.1, -0.05) is 20.8 Å². The first-order valence-corrected chi connectivity index (χ1v) is 15.2. The number of nitrogens with zero attached hydrogens (tertiary/aromatic N) is 2. The number of carbonyl (C=O) groups is 3. The minimum Gasteiger partial charge on any atom is -0.507 e. The molecule has 0 saturated carbocycles. The highest BCUT2D eigenvalue weighted by molar-refractivity contribution is 6.19. The molecule has 0 aliphatic carbocycles. The van der Waals surface area contributed by atoms with Gasteiger partial charge in [0.05, 0.1) is 19.5 Å². The lowest BCUT2D eigenvalue weighted by molar-refractivity contribution is -0.654. The number of methoxy groups -OCH3 is 1. The molecule has 2 heterocycles. The average molecular weight is 692 g/mol. The number of rotatable bonds is 11. The van der Waals surface area contributed by atoms with Crippen molar-refractivity contribution in [3.8, 4) is 17.2 Å². The minimum absolute atomic E-state index is 0.0417. The zero-order chi connectivity index (χ0) is 37.1. The molecule has 12 nitrogen and oxygen atoms in total. The van der Waals surface area contributed by atoms with Crippen LogP contribution in [-0.4, -0.2) is 66.0 Å². The van der Waals surface area contributed by atoms with Gasteiger partial charge in [0.15, 0.2) is 11.9 Å². The van der Waals surface area contributed by atoms with Crippen LogP contribution < -0.4 is 24.9 Å². The summed E-state index contributed by atoms with van der Waals surface area (Å²) in [6.45, 7) is 7.94. The number of ketones is 1. The first-order valence-electron chi connectivity index (χ1n) is 15.2. The number of esters is 1. The number of alkyl halides is 3. The molecule has 15 heteroatoms. The number of carboxylic acids is 1. The summed E-state index contributed by atoms with van der Waals surface area (Å²) >= 11 is 0. The third-order valence-corrected chi connectivity index (χ3v) is 7.14. The Kier molecular flexibility index (Phi) is 14.4. The van der Waals surface area contributed by atoms with Gasteiger partial charge in [0.2, 0.25) is 5.82 Å². The number of aryl methyl sites for hydroxylation is 2. The Morgan fingerprint density at radius 3 is 2.08 bits per heavy atom. The highest BCUT2D eigenvalue weighted by Crippen LogP contribution is 2.34. The van der Waals surface area contributed by atoms with Gasteiger partial charge < -0.3 is 29.8 Å². The first-order chi connectivity index (χ1) is 23.2. The van der Waals surface area contributed by atoms with Crippen LogP contribution in [0.25, 0.3) is 11.0 Å². The number of fused-ring (bicyclic) bond motifs is 1. The van der Waals surface area contributed by atoms with Gasteiger partial charge in [0.25, 0.3) is 5.65 Å². The number of aromatic nitrogens is 2. The molecule has 0 bridgehead atoms. The summed E-state index contributed by atoms with van der Waals surface area (Å²) in [5.74, 6) is -1.98. The molecule has 1 unspecified atom stereocenters. The Hall–Kier alpha value is -5.31. The summed E-state index contributed by atoms with van der Waals surface area (Å²) in [4.78, 5) is 40.0. The maximum atomic E-state index is 13.8. The molecule has 0 saturated heterocycles. The Bertz CT molecular complexity index is 1760. The molecule has 266 valence electrons. The molecular formula is C34H42F3N4O8+. The van der Waals surface area contributed by atoms with Crippen molar-refractivity contribution in [2.45, 2.75) is 52.9 Å². The number of hydroxylamine groups is 1. The van der Waals surface area contributed by atoms with Crippen molar-refractivity contribution in [2.75, 3.05) is 26.5 Å². The third kappa shape index (κ3) is 9.63. The number of nitrogens with one attached hydrogen (secondary N) is 2. The van der Waals surface area contributed by atoms with Crippen LogP contribution in [0.15, 0.2) is 54.6 Å². The van der Waals surface area contributed by atoms with Crippen molar-refractivity contribution in [1.82, 2.24) is 10.0 Å². The van der Waals surface area contributed by atoms with Crippen LogP contribution in [0.2, 0.25) is 0 Å². The van der Waals surface area contributed by atoms with Gasteiger partial charge in [0, 0.05) is 31.3 Å². The number of pyridine rings is 1. The first kappa shape index (κ1) is 39.9. The molecule has 0 aliphatic heterocycles. The summed E-state index contributed by atoms with van der Waals surface area (Å²) in [5, 5.41) is 24.1. The SMILES string of the molecule is CC.CCC(Oc1ccc(Cn2c(NC)c(C(=O)c3ccc(ONC)cc3)c3ccc(C)[n+](C)c32)c(O)c1)C(=O)O.COC(=O)C(F)(F)F. The number of phenols is 1. The van der Waals surface area contributed by atoms with Gasteiger partial charge in [-0.05, 0) is 61.9 Å². The van der Waals surface area contributed by atoms with Crippen molar-refractivity contribution in [1.29, 1.82) is 0 Å². The van der Waals surface area contributed by atoms with Crippen molar-refractivity contribution in [3.63, 3.8) is 0 Å². The molecule has 49 heavy (non-hydrogen) atoms. The van der Waals surface area contributed by atoms with Gasteiger partial charge in [-0.2, -0.15) is 18.7 Å². The van der Waals surface area contributed by atoms with E-state index < -0.39 is 24.2 Å². The van der Waals surface area contributed by atoms with E-state index in [1.165, 1.54) is 6.07 Å². The number of ether oxygens (including phenoxy) is 2. The summed E-state index contributed by atoms with van der Waals surface area (Å²) < 4.78 is 45.8. The smallest absolute Gasteiger partial charge is 0.490 e. The normalized spacial score (nSPS) is 11.3. The van der Waals surface area contributed by atoms with Gasteiger partial charge >= 0.3 is 18.1 Å². The Balaban J connectivity index is 0.000000732. The number of carbonyl (C=O) groups excluding carboxylic acids is 2. The molecule has 0 fully saturated rings. The van der Waals surface area contributed by atoms with Crippen molar-refractivity contribution in [2.24, 2.45) is 7.05 Å². The van der Waals surface area contributed by atoms with Crippen molar-refractivity contribution < 1.29 is 56.6 Å². The predicted molar refractivity (Wildman–Crippen MR) is 176 cm³/mol. The zero-order valence-electron chi connectivity index (χ0n) is 28.6. The molecule has 0 amide bonds. The monoisotopic (exact) mass is 691 g/mol. The van der Waals surface area contributed by atoms with E-state index in [1.54, 1.807) is 57.4 Å². The van der Waals surface area contributed by atoms with Crippen molar-refractivity contribution in [3.05, 3.63) is 77.0 Å². The van der Waals surface area contributed by atoms with E-state index in [0.29, 0.717) is 35.4 Å². The van der Waals surface area contributed by atoms with E-state index >= 15 is 0 Å². The standard InChI is InChI=1S/C29H32N4O6.C3H3F3O2.C2H6/c1-6-24(29(36)37)38-21-13-10-19(23(34)15-21)16-33-27(30-3)25(22-14-7-17(2)32(5)28(22)33)26(35)18-8-11-20(12-9-18)39-31-4;1-8-2(7)3(4,5)6;1-2/h7-15,24,31H,6,16H2,1-5H3,(H2-,30,34,35,36,37);1H3;1-2H3/p+1. The average Bonchev–Trinajstić information content (AvgIpc) is 3.40. The van der Waals surface area contributed by atoms with Crippen LogP contribution >= 0.6 is 0 Å². The second kappa shape index (κ2) is 17.7. The highest BCUT2D eigenvalue weighted by atomic mass is 19.4. The Labute approximate surface area is 282 Å². The quantitative estimate of drug-likeness (QED) is 0.0706. The summed E-state index contributed by atoms with van der Waals surface area (Å²) in [5.41, 5.74) is 6.00. The fraction of sp³-hybridized carbons (Fsp3) is 0.353. The van der Waals surface area contributed by atoms with E-state index in [9.17, 15) is 37.8 Å². The number of anilines is 1. The molecule has 4 aromatic rings. The maximum Gasteiger partial charge on any atom is 0.490 e. The third-order valence-electron chi connectivity index (χ3n) is 7.14. The fourth-order valence-electron chi connectivity index (χ4n) is 4.72. The number of aliphatic carboxylic acids is 1. The maximum absolute atomic E-state index is 13.8. The molecule has 2 aromatic carbocycles. The number of aromatic hydroxyl groups is 1. The summed E-state index contributed by atoms with van der Waals surface area (Å²) in [7, 11) is 6.02. The number of hydrogen-bond donors (Lipinski definition) is 4. The molecule has 4 N–H and O–H groups in total. The van der Waals surface area contributed by atoms with Gasteiger partial charge in [-0.3, -0.25) is 4.79 Å². The second-order valence-electron chi connectivity index (χ2n) is 10.1. The van der Waals surface area contributed by atoms with Crippen LogP contribution in [0, 0.1) is 6.92 Å². The second-order valence-corrected chi connectivity index (χ2v) is 10.1. The van der Waals surface area contributed by atoms with Gasteiger partial charge in [-0.25, -0.2) is 18.7 Å². The van der Waals surface area contributed by atoms with Crippen LogP contribution in [0.4, 0.5) is 19.0 Å². The number of phenolic OH excluding ortho intramolecular Hbond substituents is 1. The van der Waals surface area contributed by atoms with E-state index in [4.69, 9.17) is 9.57 Å². The Morgan fingerprint density at radius 2 is 1.61 bits per heavy atom. The van der Waals surface area contributed by atoms with Crippen LogP contribution in [-0.2, 0) is 27.9 Å². The number of hydrogen-bond acceptors (Lipinski definition) is 9. The van der Waals surface area contributed by atoms with Gasteiger partial charge in [-0.15, -0.1) is 0 Å². The number of halogens is 3. The van der Waals surface area contributed by atoms with Crippen LogP contribution in [0.1, 0.15) is 54.4 Å². The molecule has 1 atom stereocenters. The summed E-state index contributed by atoms with van der Waals surface area (Å²) in [6.07, 6.45) is -5.57. The van der Waals surface area contributed by atoms with E-state index in [0.717, 1.165) is 16.7 Å². The van der Waals surface area contributed by atoms with E-state index in [1.807, 2.05) is 49.1 Å². The minimum atomic E-state index is -4.85. The lowest BCUT2D eigenvalue weighted by atomic mass is 10.0. The molecule has 4 rings (SSSR count). The predicted octanol–water partition coefficient (Wildman–Crippen LogP) is 5.30. The lowest BCUT2D eigenvalue weighted by Crippen LogP contribution is -2.34. The van der Waals surface area contributed by atoms with E-state index in [2.05, 4.69) is 15.5 Å². The summed E-state index contributed by atoms with van der Waals surface area (Å²) in [6, 6.07) is 15.5. The topological polar surface area (TPSA) is 152 Å². The molecule has 0 radical (unpaired) electrons. The molecule has 2 aromatic heterocycles. The molecular weight excluding hydrogens is 649 g/mol. The number of benzene rings is 2. The van der Waals surface area contributed by atoms with Crippen LogP contribution in [0.5, 0.6) is 17.2 Å². The highest BCUT2D eigenvalue weighted by Gasteiger charge is 2.40.